The second kappa shape index (κ2) is 7.95. The minimum absolute atomic E-state index is 0.136. The number of hydrogen-bond acceptors (Lipinski definition) is 3. The van der Waals surface area contributed by atoms with E-state index in [1.54, 1.807) is 0 Å². The molecule has 0 N–H and O–H groups in total. The predicted molar refractivity (Wildman–Crippen MR) is 87.5 cm³/mol. The quantitative estimate of drug-likeness (QED) is 0.789. The van der Waals surface area contributed by atoms with Crippen molar-refractivity contribution in [1.29, 1.82) is 0 Å². The zero-order valence-electron chi connectivity index (χ0n) is 14.4. The smallest absolute Gasteiger partial charge is 0.225 e. The van der Waals surface area contributed by atoms with Crippen molar-refractivity contribution >= 4 is 11.8 Å². The lowest BCUT2D eigenvalue weighted by Gasteiger charge is -2.37. The maximum atomic E-state index is 12.6. The summed E-state index contributed by atoms with van der Waals surface area (Å²) in [5, 5.41) is 0. The molecule has 1 saturated heterocycles. The molecule has 5 heteroatoms. The first-order chi connectivity index (χ1) is 10.6. The van der Waals surface area contributed by atoms with Crippen LogP contribution in [0.1, 0.15) is 39.5 Å². The van der Waals surface area contributed by atoms with E-state index in [9.17, 15) is 9.59 Å². The minimum Gasteiger partial charge on any atom is -0.343 e. The third-order valence-corrected chi connectivity index (χ3v) is 5.32. The summed E-state index contributed by atoms with van der Waals surface area (Å²) in [7, 11) is 2.10. The standard InChI is InChI=1S/C17H31N3O2/c1-4-19(5-2)16(21)14-6-8-15(9-7-14)17(22)20-12-10-18(3)11-13-20/h14-15H,4-13H2,1-3H3. The van der Waals surface area contributed by atoms with Crippen LogP contribution in [0.5, 0.6) is 0 Å². The number of carbonyl (C=O) groups excluding carboxylic acids is 2. The van der Waals surface area contributed by atoms with Gasteiger partial charge in [0.25, 0.3) is 0 Å². The van der Waals surface area contributed by atoms with E-state index >= 15 is 0 Å². The molecule has 0 aromatic heterocycles. The Balaban J connectivity index is 1.81. The molecule has 22 heavy (non-hydrogen) atoms. The summed E-state index contributed by atoms with van der Waals surface area (Å²) in [6.07, 6.45) is 3.50. The van der Waals surface area contributed by atoms with Crippen molar-refractivity contribution in [3.63, 3.8) is 0 Å². The van der Waals surface area contributed by atoms with Gasteiger partial charge in [0.2, 0.25) is 11.8 Å². The van der Waals surface area contributed by atoms with Gasteiger partial charge in [0.15, 0.2) is 0 Å². The molecule has 0 aromatic carbocycles. The van der Waals surface area contributed by atoms with E-state index in [1.165, 1.54) is 0 Å². The van der Waals surface area contributed by atoms with Gasteiger partial charge in [0.05, 0.1) is 0 Å². The fourth-order valence-corrected chi connectivity index (χ4v) is 3.67. The molecule has 2 amide bonds. The highest BCUT2D eigenvalue weighted by Crippen LogP contribution is 2.31. The van der Waals surface area contributed by atoms with Crippen molar-refractivity contribution in [3.8, 4) is 0 Å². The lowest BCUT2D eigenvalue weighted by molar-refractivity contribution is -0.142. The van der Waals surface area contributed by atoms with Gasteiger partial charge >= 0.3 is 0 Å². The number of nitrogens with zero attached hydrogens (tertiary/aromatic N) is 3. The van der Waals surface area contributed by atoms with Crippen LogP contribution < -0.4 is 0 Å². The molecule has 1 aliphatic carbocycles. The van der Waals surface area contributed by atoms with Gasteiger partial charge in [-0.25, -0.2) is 0 Å². The van der Waals surface area contributed by atoms with Crippen molar-refractivity contribution in [3.05, 3.63) is 0 Å². The van der Waals surface area contributed by atoms with Gasteiger partial charge in [0.1, 0.15) is 0 Å². The monoisotopic (exact) mass is 309 g/mol. The van der Waals surface area contributed by atoms with Gasteiger partial charge in [-0.05, 0) is 46.6 Å². The van der Waals surface area contributed by atoms with Crippen LogP contribution in [0.4, 0.5) is 0 Å². The maximum Gasteiger partial charge on any atom is 0.225 e. The van der Waals surface area contributed by atoms with Crippen LogP contribution in [-0.4, -0.2) is 72.8 Å². The Morgan fingerprint density at radius 3 is 1.91 bits per heavy atom. The third-order valence-electron chi connectivity index (χ3n) is 5.32. The Labute approximate surface area is 134 Å². The first-order valence-corrected chi connectivity index (χ1v) is 8.82. The van der Waals surface area contributed by atoms with Crippen molar-refractivity contribution < 1.29 is 9.59 Å². The van der Waals surface area contributed by atoms with Crippen molar-refractivity contribution in [2.75, 3.05) is 46.3 Å². The van der Waals surface area contributed by atoms with Gasteiger partial charge in [0, 0.05) is 51.1 Å². The molecule has 0 unspecified atom stereocenters. The molecule has 5 nitrogen and oxygen atoms in total. The fraction of sp³-hybridized carbons (Fsp3) is 0.882. The van der Waals surface area contributed by atoms with Crippen LogP contribution >= 0.6 is 0 Å². The number of rotatable bonds is 4. The van der Waals surface area contributed by atoms with Gasteiger partial charge in [-0.2, -0.15) is 0 Å². The van der Waals surface area contributed by atoms with E-state index in [0.29, 0.717) is 5.91 Å². The predicted octanol–water partition coefficient (Wildman–Crippen LogP) is 1.44. The molecular weight excluding hydrogens is 278 g/mol. The van der Waals surface area contributed by atoms with Crippen LogP contribution in [0.15, 0.2) is 0 Å². The first-order valence-electron chi connectivity index (χ1n) is 8.82. The Kier molecular flexibility index (Phi) is 6.24. The number of carbonyl (C=O) groups is 2. The summed E-state index contributed by atoms with van der Waals surface area (Å²) in [5.74, 6) is 0.887. The molecule has 126 valence electrons. The molecule has 0 spiro atoms. The summed E-state index contributed by atoms with van der Waals surface area (Å²) in [6.45, 7) is 9.29. The van der Waals surface area contributed by atoms with E-state index in [4.69, 9.17) is 0 Å². The summed E-state index contributed by atoms with van der Waals surface area (Å²) >= 11 is 0. The molecule has 1 aliphatic heterocycles. The van der Waals surface area contributed by atoms with E-state index in [2.05, 4.69) is 11.9 Å². The van der Waals surface area contributed by atoms with Gasteiger partial charge in [-0.15, -0.1) is 0 Å². The van der Waals surface area contributed by atoms with Crippen LogP contribution in [0.2, 0.25) is 0 Å². The van der Waals surface area contributed by atoms with Gasteiger partial charge < -0.3 is 14.7 Å². The number of hydrogen-bond donors (Lipinski definition) is 0. The van der Waals surface area contributed by atoms with Crippen LogP contribution in [0.3, 0.4) is 0 Å². The number of amides is 2. The average molecular weight is 309 g/mol. The second-order valence-electron chi connectivity index (χ2n) is 6.69. The van der Waals surface area contributed by atoms with Crippen molar-refractivity contribution in [1.82, 2.24) is 14.7 Å². The van der Waals surface area contributed by atoms with Crippen LogP contribution in [-0.2, 0) is 9.59 Å². The Bertz CT molecular complexity index is 379. The van der Waals surface area contributed by atoms with E-state index < -0.39 is 0 Å². The number of likely N-dealkylation sites (N-methyl/N-ethyl adjacent to an activating group) is 1. The molecule has 1 heterocycles. The van der Waals surface area contributed by atoms with Gasteiger partial charge in [-0.3, -0.25) is 9.59 Å². The molecule has 2 fully saturated rings. The minimum atomic E-state index is 0.136. The van der Waals surface area contributed by atoms with Crippen molar-refractivity contribution in [2.45, 2.75) is 39.5 Å². The normalized spacial score (nSPS) is 26.8. The maximum absolute atomic E-state index is 12.6. The molecule has 2 rings (SSSR count). The third kappa shape index (κ3) is 4.00. The zero-order chi connectivity index (χ0) is 16.1. The van der Waals surface area contributed by atoms with E-state index in [-0.39, 0.29) is 17.7 Å². The van der Waals surface area contributed by atoms with Crippen LogP contribution in [0, 0.1) is 11.8 Å². The summed E-state index contributed by atoms with van der Waals surface area (Å²) in [5.41, 5.74) is 0. The van der Waals surface area contributed by atoms with Crippen molar-refractivity contribution in [2.24, 2.45) is 11.8 Å². The highest BCUT2D eigenvalue weighted by atomic mass is 16.2. The Hall–Kier alpha value is -1.10. The summed E-state index contributed by atoms with van der Waals surface area (Å²) < 4.78 is 0. The highest BCUT2D eigenvalue weighted by molar-refractivity contribution is 5.81. The SMILES string of the molecule is CCN(CC)C(=O)C1CCC(C(=O)N2CCN(C)CC2)CC1. The van der Waals surface area contributed by atoms with E-state index in [0.717, 1.165) is 65.0 Å². The Morgan fingerprint density at radius 2 is 1.41 bits per heavy atom. The molecule has 1 saturated carbocycles. The molecule has 0 atom stereocenters. The molecule has 2 aliphatic rings. The first kappa shape index (κ1) is 17.3. The summed E-state index contributed by atoms with van der Waals surface area (Å²) in [6, 6.07) is 0. The lowest BCUT2D eigenvalue weighted by Crippen LogP contribution is -2.49. The number of piperazine rings is 1. The second-order valence-corrected chi connectivity index (χ2v) is 6.69. The summed E-state index contributed by atoms with van der Waals surface area (Å²) in [4.78, 5) is 31.2. The van der Waals surface area contributed by atoms with Crippen LogP contribution in [0.25, 0.3) is 0 Å². The molecular formula is C17H31N3O2. The molecule has 0 aromatic rings. The van der Waals surface area contributed by atoms with E-state index in [1.807, 2.05) is 23.6 Å². The lowest BCUT2D eigenvalue weighted by atomic mass is 9.80. The average Bonchev–Trinajstić information content (AvgIpc) is 2.56. The topological polar surface area (TPSA) is 43.9 Å². The molecule has 0 bridgehead atoms. The Morgan fingerprint density at radius 1 is 0.909 bits per heavy atom. The largest absolute Gasteiger partial charge is 0.343 e. The molecule has 0 radical (unpaired) electrons. The van der Waals surface area contributed by atoms with Gasteiger partial charge in [-0.1, -0.05) is 0 Å². The fourth-order valence-electron chi connectivity index (χ4n) is 3.67. The zero-order valence-corrected chi connectivity index (χ0v) is 14.4. The highest BCUT2D eigenvalue weighted by Gasteiger charge is 2.33.